The number of ether oxygens (including phenoxy) is 2. The first kappa shape index (κ1) is 18.8. The van der Waals surface area contributed by atoms with Gasteiger partial charge in [0.2, 0.25) is 5.91 Å². The fourth-order valence-electron chi connectivity index (χ4n) is 3.75. The molecule has 0 bridgehead atoms. The first-order valence-electron chi connectivity index (χ1n) is 9.41. The Kier molecular flexibility index (Phi) is 6.62. The van der Waals surface area contributed by atoms with E-state index in [0.717, 1.165) is 31.6 Å². The van der Waals surface area contributed by atoms with Crippen LogP contribution in [0.4, 0.5) is 5.69 Å². The van der Waals surface area contributed by atoms with Gasteiger partial charge in [-0.05, 0) is 45.0 Å². The molecule has 0 N–H and O–H groups in total. The smallest absolute Gasteiger partial charge is 0.244 e. The van der Waals surface area contributed by atoms with Crippen LogP contribution in [0.5, 0.6) is 0 Å². The van der Waals surface area contributed by atoms with Crippen molar-refractivity contribution < 1.29 is 14.3 Å². The predicted molar refractivity (Wildman–Crippen MR) is 98.5 cm³/mol. The molecule has 26 heavy (non-hydrogen) atoms. The number of para-hydroxylation sites is 1. The lowest BCUT2D eigenvalue weighted by Gasteiger charge is -2.38. The second kappa shape index (κ2) is 9.13. The maximum Gasteiger partial charge on any atom is 0.244 e. The lowest BCUT2D eigenvalue weighted by molar-refractivity contribution is -0.126. The van der Waals surface area contributed by atoms with Crippen molar-refractivity contribution in [2.75, 3.05) is 37.7 Å². The highest BCUT2D eigenvalue weighted by Gasteiger charge is 2.34. The molecule has 0 aliphatic carbocycles. The van der Waals surface area contributed by atoms with Crippen LogP contribution in [-0.2, 0) is 14.3 Å². The van der Waals surface area contributed by atoms with Gasteiger partial charge >= 0.3 is 0 Å². The van der Waals surface area contributed by atoms with E-state index < -0.39 is 0 Å². The number of benzene rings is 1. The predicted octanol–water partition coefficient (Wildman–Crippen LogP) is 2.41. The summed E-state index contributed by atoms with van der Waals surface area (Å²) in [5, 5.41) is 8.94. The molecule has 6 heteroatoms. The molecular weight excluding hydrogens is 330 g/mol. The van der Waals surface area contributed by atoms with Gasteiger partial charge in [0, 0.05) is 18.2 Å². The van der Waals surface area contributed by atoms with E-state index in [1.54, 1.807) is 4.90 Å². The summed E-state index contributed by atoms with van der Waals surface area (Å²) in [7, 11) is 0. The number of hydrogen-bond donors (Lipinski definition) is 0. The van der Waals surface area contributed by atoms with Crippen molar-refractivity contribution in [3.63, 3.8) is 0 Å². The molecular formula is C20H27N3O3. The van der Waals surface area contributed by atoms with Crippen LogP contribution in [0.1, 0.15) is 26.2 Å². The van der Waals surface area contributed by atoms with Gasteiger partial charge in [0.05, 0.1) is 31.7 Å². The SMILES string of the molecule is CC(C(=O)N(CCC#N)c1ccccc1)N1CCC(C2OCCO2)CC1. The zero-order valence-corrected chi connectivity index (χ0v) is 15.3. The molecule has 1 atom stereocenters. The average Bonchev–Trinajstić information content (AvgIpc) is 3.23. The summed E-state index contributed by atoms with van der Waals surface area (Å²) in [6.45, 7) is 5.48. The van der Waals surface area contributed by atoms with Gasteiger partial charge in [-0.3, -0.25) is 9.69 Å². The molecule has 2 aliphatic rings. The van der Waals surface area contributed by atoms with Crippen molar-refractivity contribution in [2.24, 2.45) is 5.92 Å². The lowest BCUT2D eigenvalue weighted by atomic mass is 9.95. The van der Waals surface area contributed by atoms with E-state index >= 15 is 0 Å². The highest BCUT2D eigenvalue weighted by Crippen LogP contribution is 2.27. The van der Waals surface area contributed by atoms with Crippen molar-refractivity contribution in [2.45, 2.75) is 38.5 Å². The Morgan fingerprint density at radius 3 is 2.54 bits per heavy atom. The number of piperidine rings is 1. The minimum atomic E-state index is -0.208. The summed E-state index contributed by atoms with van der Waals surface area (Å²) in [6.07, 6.45) is 2.21. The number of carbonyl (C=O) groups excluding carboxylic acids is 1. The maximum atomic E-state index is 13.1. The van der Waals surface area contributed by atoms with E-state index in [1.165, 1.54) is 0 Å². The highest BCUT2D eigenvalue weighted by atomic mass is 16.7. The van der Waals surface area contributed by atoms with Crippen molar-refractivity contribution >= 4 is 11.6 Å². The largest absolute Gasteiger partial charge is 0.350 e. The van der Waals surface area contributed by atoms with Crippen molar-refractivity contribution in [1.29, 1.82) is 5.26 Å². The van der Waals surface area contributed by atoms with Crippen LogP contribution in [0.3, 0.4) is 0 Å². The quantitative estimate of drug-likeness (QED) is 0.782. The molecule has 1 aromatic rings. The Balaban J connectivity index is 1.61. The van der Waals surface area contributed by atoms with Crippen LogP contribution in [-0.4, -0.2) is 56.0 Å². The van der Waals surface area contributed by atoms with Gasteiger partial charge in [-0.15, -0.1) is 0 Å². The summed E-state index contributed by atoms with van der Waals surface area (Å²) in [5.74, 6) is 0.470. The molecule has 2 saturated heterocycles. The Morgan fingerprint density at radius 2 is 1.92 bits per heavy atom. The monoisotopic (exact) mass is 357 g/mol. The molecule has 140 valence electrons. The van der Waals surface area contributed by atoms with Gasteiger partial charge in [-0.2, -0.15) is 5.26 Å². The summed E-state index contributed by atoms with van der Waals surface area (Å²) >= 11 is 0. The molecule has 1 unspecified atom stereocenters. The Bertz CT molecular complexity index is 617. The molecule has 0 radical (unpaired) electrons. The third kappa shape index (κ3) is 4.42. The number of likely N-dealkylation sites (tertiary alicyclic amines) is 1. The first-order chi connectivity index (χ1) is 12.7. The normalized spacial score (nSPS) is 20.6. The van der Waals surface area contributed by atoms with E-state index in [4.69, 9.17) is 14.7 Å². The molecule has 0 spiro atoms. The molecule has 2 heterocycles. The number of anilines is 1. The Labute approximate surface area is 155 Å². The van der Waals surface area contributed by atoms with Crippen LogP contribution in [0.25, 0.3) is 0 Å². The van der Waals surface area contributed by atoms with Crippen LogP contribution < -0.4 is 4.90 Å². The topological polar surface area (TPSA) is 65.8 Å². The van der Waals surface area contributed by atoms with Crippen molar-refractivity contribution in [1.82, 2.24) is 4.90 Å². The van der Waals surface area contributed by atoms with E-state index in [9.17, 15) is 4.79 Å². The van der Waals surface area contributed by atoms with Crippen LogP contribution in [0.15, 0.2) is 30.3 Å². The second-order valence-electron chi connectivity index (χ2n) is 6.89. The minimum Gasteiger partial charge on any atom is -0.350 e. The standard InChI is InChI=1S/C20H27N3O3/c1-16(22-12-8-17(9-13-22)20-25-14-15-26-20)19(24)23(11-5-10-21)18-6-3-2-4-7-18/h2-4,6-7,16-17,20H,5,8-9,11-15H2,1H3. The van der Waals surface area contributed by atoms with Gasteiger partial charge in [-0.1, -0.05) is 18.2 Å². The maximum absolute atomic E-state index is 13.1. The average molecular weight is 357 g/mol. The highest BCUT2D eigenvalue weighted by molar-refractivity contribution is 5.96. The lowest BCUT2D eigenvalue weighted by Crippen LogP contribution is -2.51. The summed E-state index contributed by atoms with van der Waals surface area (Å²) < 4.78 is 11.3. The molecule has 3 rings (SSSR count). The van der Waals surface area contributed by atoms with Crippen molar-refractivity contribution in [3.05, 3.63) is 30.3 Å². The Hall–Kier alpha value is -1.94. The summed E-state index contributed by atoms with van der Waals surface area (Å²) in [4.78, 5) is 17.1. The van der Waals surface area contributed by atoms with E-state index in [-0.39, 0.29) is 18.2 Å². The second-order valence-corrected chi connectivity index (χ2v) is 6.89. The van der Waals surface area contributed by atoms with E-state index in [1.807, 2.05) is 37.3 Å². The fraction of sp³-hybridized carbons (Fsp3) is 0.600. The zero-order chi connectivity index (χ0) is 18.4. The number of rotatable bonds is 6. The molecule has 2 aliphatic heterocycles. The number of nitriles is 1. The molecule has 1 amide bonds. The fourth-order valence-corrected chi connectivity index (χ4v) is 3.75. The van der Waals surface area contributed by atoms with Crippen LogP contribution >= 0.6 is 0 Å². The zero-order valence-electron chi connectivity index (χ0n) is 15.3. The number of hydrogen-bond acceptors (Lipinski definition) is 5. The summed E-state index contributed by atoms with van der Waals surface area (Å²) in [5.41, 5.74) is 0.849. The third-order valence-electron chi connectivity index (χ3n) is 5.29. The third-order valence-corrected chi connectivity index (χ3v) is 5.29. The minimum absolute atomic E-state index is 0.0540. The number of amides is 1. The molecule has 1 aromatic carbocycles. The number of carbonyl (C=O) groups is 1. The molecule has 2 fully saturated rings. The van der Waals surface area contributed by atoms with Crippen LogP contribution in [0, 0.1) is 17.2 Å². The van der Waals surface area contributed by atoms with E-state index in [2.05, 4.69) is 11.0 Å². The van der Waals surface area contributed by atoms with Crippen LogP contribution in [0.2, 0.25) is 0 Å². The van der Waals surface area contributed by atoms with Crippen molar-refractivity contribution in [3.8, 4) is 6.07 Å². The summed E-state index contributed by atoms with van der Waals surface area (Å²) in [6, 6.07) is 11.5. The molecule has 6 nitrogen and oxygen atoms in total. The van der Waals surface area contributed by atoms with Gasteiger partial charge in [0.15, 0.2) is 6.29 Å². The first-order valence-corrected chi connectivity index (χ1v) is 9.41. The van der Waals surface area contributed by atoms with Gasteiger partial charge in [0.25, 0.3) is 0 Å². The number of nitrogens with zero attached hydrogens (tertiary/aromatic N) is 3. The van der Waals surface area contributed by atoms with E-state index in [0.29, 0.717) is 32.1 Å². The van der Waals surface area contributed by atoms with Gasteiger partial charge in [0.1, 0.15) is 0 Å². The Morgan fingerprint density at radius 1 is 1.27 bits per heavy atom. The van der Waals surface area contributed by atoms with Gasteiger partial charge in [-0.25, -0.2) is 0 Å². The molecule has 0 saturated carbocycles. The van der Waals surface area contributed by atoms with Gasteiger partial charge < -0.3 is 14.4 Å². The molecule has 0 aromatic heterocycles.